The van der Waals surface area contributed by atoms with Gasteiger partial charge in [-0.05, 0) is 31.5 Å². The van der Waals surface area contributed by atoms with E-state index >= 15 is 4.39 Å². The minimum atomic E-state index is -1.13. The Kier molecular flexibility index (Phi) is 7.01. The Labute approximate surface area is 251 Å². The highest BCUT2D eigenvalue weighted by Crippen LogP contribution is 2.48. The number of hydrogen-bond donors (Lipinski definition) is 0. The van der Waals surface area contributed by atoms with Crippen LogP contribution in [-0.2, 0) is 14.2 Å². The summed E-state index contributed by atoms with van der Waals surface area (Å²) in [6.07, 6.45) is -0.954. The number of ether oxygens (including phenoxy) is 4. The van der Waals surface area contributed by atoms with Crippen molar-refractivity contribution in [2.45, 2.75) is 38.2 Å². The Morgan fingerprint density at radius 3 is 2.50 bits per heavy atom. The van der Waals surface area contributed by atoms with Gasteiger partial charge in [0.1, 0.15) is 12.2 Å². The third kappa shape index (κ3) is 4.41. The Morgan fingerprint density at radius 2 is 1.70 bits per heavy atom. The summed E-state index contributed by atoms with van der Waals surface area (Å²) in [4.78, 5) is 43.3. The summed E-state index contributed by atoms with van der Waals surface area (Å²) in [7, 11) is 0. The summed E-state index contributed by atoms with van der Waals surface area (Å²) in [6, 6.07) is 9.98. The largest absolute Gasteiger partial charge is 0.514 e. The van der Waals surface area contributed by atoms with E-state index in [1.807, 2.05) is 34.2 Å². The minimum Gasteiger partial charge on any atom is -0.431 e. The average molecular weight is 609 g/mol. The van der Waals surface area contributed by atoms with E-state index in [4.69, 9.17) is 18.9 Å². The topological polar surface area (TPSA) is 103 Å². The highest BCUT2D eigenvalue weighted by Gasteiger charge is 2.48. The molecule has 0 radical (unpaired) electrons. The molecule has 3 atom stereocenters. The molecule has 1 aromatic heterocycles. The molecule has 2 aromatic carbocycles. The standard InChI is InChI=1S/C31H30F2N4O7/c1-17(2)43-31(40)44-29-23(38)9-10-36-28(29)30(39)35-12-14-42-16-24(35)37(36)27-18-5-3-4-6-21(18)34-11-13-41-15-22(34)25-19(27)7-8-20(32)26(25)33/h3-10,17,22,24,27H,11-16H2,1-2H3. The molecule has 0 spiro atoms. The molecule has 4 aliphatic rings. The molecule has 11 nitrogen and oxygen atoms in total. The van der Waals surface area contributed by atoms with Crippen LogP contribution in [-0.4, -0.2) is 73.4 Å². The molecule has 5 heterocycles. The van der Waals surface area contributed by atoms with E-state index < -0.39 is 59.2 Å². The monoisotopic (exact) mass is 608 g/mol. The van der Waals surface area contributed by atoms with Crippen LogP contribution in [0.1, 0.15) is 53.1 Å². The van der Waals surface area contributed by atoms with Gasteiger partial charge in [-0.2, -0.15) is 0 Å². The Morgan fingerprint density at radius 1 is 0.955 bits per heavy atom. The summed E-state index contributed by atoms with van der Waals surface area (Å²) >= 11 is 0. The number of anilines is 1. The molecule has 2 saturated heterocycles. The number of benzene rings is 2. The Bertz CT molecular complexity index is 1710. The maximum Gasteiger partial charge on any atom is 0.514 e. The summed E-state index contributed by atoms with van der Waals surface area (Å²) < 4.78 is 54.5. The van der Waals surface area contributed by atoms with Crippen molar-refractivity contribution in [2.24, 2.45) is 0 Å². The van der Waals surface area contributed by atoms with Crippen molar-refractivity contribution in [3.63, 3.8) is 0 Å². The van der Waals surface area contributed by atoms with Crippen molar-refractivity contribution in [1.29, 1.82) is 0 Å². The third-order valence-electron chi connectivity index (χ3n) is 8.40. The third-order valence-corrected chi connectivity index (χ3v) is 8.40. The molecule has 3 unspecified atom stereocenters. The van der Waals surface area contributed by atoms with E-state index in [0.29, 0.717) is 18.7 Å². The van der Waals surface area contributed by atoms with Crippen LogP contribution in [0, 0.1) is 11.6 Å². The van der Waals surface area contributed by atoms with Gasteiger partial charge in [0, 0.05) is 42.2 Å². The molecule has 3 aromatic rings. The first-order chi connectivity index (χ1) is 21.3. The van der Waals surface area contributed by atoms with Crippen molar-refractivity contribution in [1.82, 2.24) is 9.58 Å². The fraction of sp³-hybridized carbons (Fsp3) is 0.387. The number of fused-ring (bicyclic) bond motifs is 7. The number of amides is 1. The molecule has 13 heteroatoms. The van der Waals surface area contributed by atoms with Crippen molar-refractivity contribution in [3.8, 4) is 5.75 Å². The molecule has 0 aliphatic carbocycles. The van der Waals surface area contributed by atoms with Gasteiger partial charge in [0.15, 0.2) is 17.3 Å². The van der Waals surface area contributed by atoms with Crippen LogP contribution in [0.5, 0.6) is 5.75 Å². The van der Waals surface area contributed by atoms with Crippen molar-refractivity contribution >= 4 is 17.7 Å². The molecule has 44 heavy (non-hydrogen) atoms. The van der Waals surface area contributed by atoms with E-state index in [1.54, 1.807) is 24.8 Å². The molecule has 1 amide bonds. The van der Waals surface area contributed by atoms with Crippen LogP contribution in [0.15, 0.2) is 53.5 Å². The normalized spacial score (nSPS) is 22.3. The van der Waals surface area contributed by atoms with Gasteiger partial charge >= 0.3 is 6.16 Å². The van der Waals surface area contributed by atoms with Gasteiger partial charge < -0.3 is 28.7 Å². The summed E-state index contributed by atoms with van der Waals surface area (Å²) in [5.74, 6) is -3.00. The van der Waals surface area contributed by atoms with Gasteiger partial charge in [-0.25, -0.2) is 13.6 Å². The van der Waals surface area contributed by atoms with Crippen LogP contribution in [0.3, 0.4) is 0 Å². The lowest BCUT2D eigenvalue weighted by molar-refractivity contribution is -0.0198. The van der Waals surface area contributed by atoms with Crippen LogP contribution in [0.25, 0.3) is 0 Å². The van der Waals surface area contributed by atoms with Gasteiger partial charge in [-0.1, -0.05) is 24.3 Å². The molecular formula is C31H30F2N4O7. The predicted octanol–water partition coefficient (Wildman–Crippen LogP) is 3.48. The zero-order chi connectivity index (χ0) is 30.7. The lowest BCUT2D eigenvalue weighted by Gasteiger charge is -2.51. The fourth-order valence-corrected chi connectivity index (χ4v) is 6.64. The highest BCUT2D eigenvalue weighted by atomic mass is 19.2. The van der Waals surface area contributed by atoms with E-state index in [1.165, 1.54) is 16.9 Å². The average Bonchev–Trinajstić information content (AvgIpc) is 3.13. The summed E-state index contributed by atoms with van der Waals surface area (Å²) in [6.45, 7) is 4.76. The van der Waals surface area contributed by atoms with Gasteiger partial charge in [0.05, 0.1) is 38.6 Å². The second kappa shape index (κ2) is 10.9. The highest BCUT2D eigenvalue weighted by molar-refractivity contribution is 5.97. The van der Waals surface area contributed by atoms with E-state index in [-0.39, 0.29) is 37.6 Å². The van der Waals surface area contributed by atoms with Crippen molar-refractivity contribution < 1.29 is 37.3 Å². The van der Waals surface area contributed by atoms with E-state index in [9.17, 15) is 18.8 Å². The number of morpholine rings is 2. The maximum absolute atomic E-state index is 16.0. The molecule has 4 aliphatic heterocycles. The predicted molar refractivity (Wildman–Crippen MR) is 152 cm³/mol. The maximum atomic E-state index is 16.0. The smallest absolute Gasteiger partial charge is 0.431 e. The number of pyridine rings is 1. The first-order valence-electron chi connectivity index (χ1n) is 14.5. The first kappa shape index (κ1) is 28.3. The molecular weight excluding hydrogens is 578 g/mol. The number of nitrogens with zero attached hydrogens (tertiary/aromatic N) is 4. The second-order valence-corrected chi connectivity index (χ2v) is 11.3. The van der Waals surface area contributed by atoms with Gasteiger partial charge in [-0.3, -0.25) is 19.3 Å². The zero-order valence-electron chi connectivity index (χ0n) is 24.1. The molecule has 7 rings (SSSR count). The first-order valence-corrected chi connectivity index (χ1v) is 14.5. The minimum absolute atomic E-state index is 0.0941. The van der Waals surface area contributed by atoms with Gasteiger partial charge in [0.2, 0.25) is 11.2 Å². The number of aromatic nitrogens is 1. The van der Waals surface area contributed by atoms with Crippen LogP contribution < -0.4 is 20.1 Å². The quantitative estimate of drug-likeness (QED) is 0.414. The number of hydrogen-bond acceptors (Lipinski definition) is 9. The molecule has 230 valence electrons. The lowest BCUT2D eigenvalue weighted by atomic mass is 9.91. The van der Waals surface area contributed by atoms with Crippen molar-refractivity contribution in [3.05, 3.63) is 92.9 Å². The molecule has 2 fully saturated rings. The Balaban J connectivity index is 1.50. The number of para-hydroxylation sites is 1. The second-order valence-electron chi connectivity index (χ2n) is 11.3. The summed E-state index contributed by atoms with van der Waals surface area (Å²) in [5, 5.41) is 1.81. The Hall–Kier alpha value is -4.49. The van der Waals surface area contributed by atoms with E-state index in [2.05, 4.69) is 0 Å². The molecule has 0 bridgehead atoms. The summed E-state index contributed by atoms with van der Waals surface area (Å²) in [5.41, 5.74) is 1.27. The van der Waals surface area contributed by atoms with Crippen LogP contribution in [0.2, 0.25) is 0 Å². The number of carbonyl (C=O) groups is 2. The molecule has 0 N–H and O–H groups in total. The molecule has 0 saturated carbocycles. The van der Waals surface area contributed by atoms with Gasteiger partial charge in [0.25, 0.3) is 5.91 Å². The number of halogens is 2. The number of rotatable bonds is 3. The SMILES string of the molecule is CC(C)OC(=O)Oc1c2n(ccc1=O)N(C1c3ccccc3N3CCOCC3c3c1ccc(F)c3F)C1COCCN1C2=O. The van der Waals surface area contributed by atoms with Gasteiger partial charge in [-0.15, -0.1) is 0 Å². The lowest BCUT2D eigenvalue weighted by Crippen LogP contribution is -2.66. The fourth-order valence-electron chi connectivity index (χ4n) is 6.64. The van der Waals surface area contributed by atoms with Crippen molar-refractivity contribution in [2.75, 3.05) is 49.4 Å². The van der Waals surface area contributed by atoms with Crippen LogP contribution >= 0.6 is 0 Å². The van der Waals surface area contributed by atoms with E-state index in [0.717, 1.165) is 17.3 Å². The van der Waals surface area contributed by atoms with Crippen LogP contribution in [0.4, 0.5) is 19.3 Å². The number of carbonyl (C=O) groups excluding carboxylic acids is 2. The zero-order valence-corrected chi connectivity index (χ0v) is 24.1.